The second-order valence-corrected chi connectivity index (χ2v) is 8.54. The van der Waals surface area contributed by atoms with Crippen LogP contribution >= 0.6 is 0 Å². The normalized spacial score (nSPS) is 27.3. The molecular weight excluding hydrogens is 312 g/mol. The van der Waals surface area contributed by atoms with E-state index >= 15 is 0 Å². The average Bonchev–Trinajstić information content (AvgIpc) is 3.04. The zero-order valence-corrected chi connectivity index (χ0v) is 15.8. The zero-order chi connectivity index (χ0) is 17.9. The van der Waals surface area contributed by atoms with Gasteiger partial charge < -0.3 is 15.0 Å². The summed E-state index contributed by atoms with van der Waals surface area (Å²) in [6.07, 6.45) is 5.81. The lowest BCUT2D eigenvalue weighted by Crippen LogP contribution is -2.43. The monoisotopic (exact) mass is 344 g/mol. The van der Waals surface area contributed by atoms with E-state index in [-0.39, 0.29) is 6.09 Å². The van der Waals surface area contributed by atoms with Gasteiger partial charge in [0.05, 0.1) is 0 Å². The van der Waals surface area contributed by atoms with Gasteiger partial charge in [-0.3, -0.25) is 0 Å². The fraction of sp³-hybridized carbons (Fsp3) is 0.667. The Morgan fingerprint density at radius 1 is 1.04 bits per heavy atom. The largest absolute Gasteiger partial charge is 0.444 e. The summed E-state index contributed by atoms with van der Waals surface area (Å²) in [6, 6.07) is 11.9. The van der Waals surface area contributed by atoms with Crippen molar-refractivity contribution in [3.8, 4) is 0 Å². The molecule has 0 aromatic heterocycles. The number of hydrogen-bond donors (Lipinski definition) is 1. The van der Waals surface area contributed by atoms with E-state index in [9.17, 15) is 4.79 Å². The van der Waals surface area contributed by atoms with Gasteiger partial charge in [0.25, 0.3) is 0 Å². The molecule has 0 spiro atoms. The Morgan fingerprint density at radius 2 is 1.72 bits per heavy atom. The van der Waals surface area contributed by atoms with E-state index in [1.54, 1.807) is 0 Å². The molecule has 4 nitrogen and oxygen atoms in total. The third kappa shape index (κ3) is 5.21. The molecule has 3 rings (SSSR count). The van der Waals surface area contributed by atoms with E-state index < -0.39 is 5.60 Å². The van der Waals surface area contributed by atoms with Crippen molar-refractivity contribution in [1.29, 1.82) is 0 Å². The minimum absolute atomic E-state index is 0.176. The third-order valence-corrected chi connectivity index (χ3v) is 5.31. The van der Waals surface area contributed by atoms with Gasteiger partial charge in [0.15, 0.2) is 0 Å². The van der Waals surface area contributed by atoms with Crippen LogP contribution < -0.4 is 5.32 Å². The number of hydrogen-bond acceptors (Lipinski definition) is 3. The Kier molecular flexibility index (Phi) is 5.67. The number of nitrogens with zero attached hydrogens (tertiary/aromatic N) is 1. The fourth-order valence-corrected chi connectivity index (χ4v) is 4.04. The van der Waals surface area contributed by atoms with Crippen LogP contribution in [-0.2, 0) is 4.74 Å². The molecule has 1 unspecified atom stereocenters. The predicted octanol–water partition coefficient (Wildman–Crippen LogP) is 4.31. The second-order valence-electron chi connectivity index (χ2n) is 8.54. The van der Waals surface area contributed by atoms with Crippen molar-refractivity contribution in [2.24, 2.45) is 0 Å². The van der Waals surface area contributed by atoms with Crippen LogP contribution in [0.2, 0.25) is 0 Å². The lowest BCUT2D eigenvalue weighted by molar-refractivity contribution is 0.0290. The topological polar surface area (TPSA) is 41.6 Å². The Bertz CT molecular complexity index is 559. The minimum atomic E-state index is -0.418. The molecule has 138 valence electrons. The summed E-state index contributed by atoms with van der Waals surface area (Å²) in [6.45, 7) is 7.32. The number of amides is 1. The van der Waals surface area contributed by atoms with Crippen molar-refractivity contribution < 1.29 is 9.53 Å². The number of carbonyl (C=O) groups is 1. The molecule has 1 aliphatic heterocycles. The number of likely N-dealkylation sites (tertiary alicyclic amines) is 1. The van der Waals surface area contributed by atoms with Crippen LogP contribution in [0.25, 0.3) is 0 Å². The maximum absolute atomic E-state index is 12.2. The number of carbonyl (C=O) groups excluding carboxylic acids is 1. The molecule has 2 fully saturated rings. The first-order chi connectivity index (χ1) is 11.9. The van der Waals surface area contributed by atoms with E-state index in [1.165, 1.54) is 31.2 Å². The number of benzene rings is 1. The average molecular weight is 344 g/mol. The molecule has 0 radical (unpaired) electrons. The van der Waals surface area contributed by atoms with Gasteiger partial charge in [-0.2, -0.15) is 0 Å². The second kappa shape index (κ2) is 7.77. The summed E-state index contributed by atoms with van der Waals surface area (Å²) in [5, 5.41) is 3.79. The molecule has 1 saturated carbocycles. The highest BCUT2D eigenvalue weighted by Gasteiger charge is 2.31. The molecular formula is C21H32N2O2. The molecule has 1 saturated heterocycles. The molecule has 4 heteroatoms. The molecule has 1 amide bonds. The third-order valence-electron chi connectivity index (χ3n) is 5.31. The van der Waals surface area contributed by atoms with Crippen molar-refractivity contribution >= 4 is 6.09 Å². The molecule has 1 atom stereocenters. The fourth-order valence-electron chi connectivity index (χ4n) is 4.04. The van der Waals surface area contributed by atoms with Gasteiger partial charge in [-0.05, 0) is 64.4 Å². The highest BCUT2D eigenvalue weighted by atomic mass is 16.6. The quantitative estimate of drug-likeness (QED) is 0.888. The SMILES string of the molecule is CC(C)(C)OC(=O)N1CCC(NC2CCC(c3ccccc3)CC2)C1. The highest BCUT2D eigenvalue weighted by Crippen LogP contribution is 2.33. The van der Waals surface area contributed by atoms with E-state index in [0.29, 0.717) is 18.0 Å². The molecule has 0 bridgehead atoms. The minimum Gasteiger partial charge on any atom is -0.444 e. The lowest BCUT2D eigenvalue weighted by atomic mass is 9.81. The molecule has 25 heavy (non-hydrogen) atoms. The van der Waals surface area contributed by atoms with E-state index in [4.69, 9.17) is 4.74 Å². The van der Waals surface area contributed by atoms with Gasteiger partial charge in [-0.1, -0.05) is 30.3 Å². The Labute approximate surface area is 151 Å². The summed E-state index contributed by atoms with van der Waals surface area (Å²) in [4.78, 5) is 14.0. The predicted molar refractivity (Wildman–Crippen MR) is 101 cm³/mol. The highest BCUT2D eigenvalue weighted by molar-refractivity contribution is 5.68. The molecule has 1 aromatic carbocycles. The van der Waals surface area contributed by atoms with E-state index in [2.05, 4.69) is 35.6 Å². The van der Waals surface area contributed by atoms with Crippen molar-refractivity contribution in [2.45, 2.75) is 76.5 Å². The standard InChI is InChI=1S/C21H32N2O2/c1-21(2,3)25-20(24)23-14-13-19(15-23)22-18-11-9-17(10-12-18)16-7-5-4-6-8-16/h4-8,17-19,22H,9-15H2,1-3H3. The smallest absolute Gasteiger partial charge is 0.410 e. The first-order valence-electron chi connectivity index (χ1n) is 9.69. The van der Waals surface area contributed by atoms with Gasteiger partial charge >= 0.3 is 6.09 Å². The van der Waals surface area contributed by atoms with Crippen LogP contribution in [0, 0.1) is 0 Å². The van der Waals surface area contributed by atoms with Crippen molar-refractivity contribution in [1.82, 2.24) is 10.2 Å². The summed E-state index contributed by atoms with van der Waals surface area (Å²) in [7, 11) is 0. The van der Waals surface area contributed by atoms with Crippen LogP contribution in [0.3, 0.4) is 0 Å². The van der Waals surface area contributed by atoms with Gasteiger partial charge in [-0.25, -0.2) is 4.79 Å². The van der Waals surface area contributed by atoms with Gasteiger partial charge in [-0.15, -0.1) is 0 Å². The summed E-state index contributed by atoms with van der Waals surface area (Å²) >= 11 is 0. The van der Waals surface area contributed by atoms with Crippen LogP contribution in [0.4, 0.5) is 4.79 Å². The lowest BCUT2D eigenvalue weighted by Gasteiger charge is -2.31. The molecule has 1 aromatic rings. The number of ether oxygens (including phenoxy) is 1. The first-order valence-corrected chi connectivity index (χ1v) is 9.69. The van der Waals surface area contributed by atoms with Gasteiger partial charge in [0.2, 0.25) is 0 Å². The Balaban J connectivity index is 1.42. The van der Waals surface area contributed by atoms with Crippen LogP contribution in [0.5, 0.6) is 0 Å². The molecule has 1 aliphatic carbocycles. The molecule has 2 aliphatic rings. The van der Waals surface area contributed by atoms with E-state index in [0.717, 1.165) is 19.5 Å². The van der Waals surface area contributed by atoms with Crippen molar-refractivity contribution in [3.05, 3.63) is 35.9 Å². The summed E-state index contributed by atoms with van der Waals surface area (Å²) in [5.41, 5.74) is 1.07. The van der Waals surface area contributed by atoms with E-state index in [1.807, 2.05) is 25.7 Å². The maximum atomic E-state index is 12.2. The maximum Gasteiger partial charge on any atom is 0.410 e. The van der Waals surface area contributed by atoms with Crippen molar-refractivity contribution in [3.63, 3.8) is 0 Å². The van der Waals surface area contributed by atoms with Crippen LogP contribution in [-0.4, -0.2) is 41.8 Å². The van der Waals surface area contributed by atoms with Crippen molar-refractivity contribution in [2.75, 3.05) is 13.1 Å². The van der Waals surface area contributed by atoms with Gasteiger partial charge in [0.1, 0.15) is 5.60 Å². The summed E-state index contributed by atoms with van der Waals surface area (Å²) in [5.74, 6) is 0.709. The van der Waals surface area contributed by atoms with Crippen LogP contribution in [0.1, 0.15) is 64.4 Å². The van der Waals surface area contributed by atoms with Crippen LogP contribution in [0.15, 0.2) is 30.3 Å². The molecule has 1 heterocycles. The Hall–Kier alpha value is -1.55. The zero-order valence-electron chi connectivity index (χ0n) is 15.8. The number of nitrogens with one attached hydrogen (secondary N) is 1. The van der Waals surface area contributed by atoms with Gasteiger partial charge in [0, 0.05) is 25.2 Å². The molecule has 1 N–H and O–H groups in total. The number of rotatable bonds is 3. The Morgan fingerprint density at radius 3 is 2.36 bits per heavy atom. The summed E-state index contributed by atoms with van der Waals surface area (Å²) < 4.78 is 5.48. The first kappa shape index (κ1) is 18.2.